The van der Waals surface area contributed by atoms with Crippen LogP contribution in [0, 0.1) is 11.3 Å². The van der Waals surface area contributed by atoms with Gasteiger partial charge in [-0.15, -0.1) is 0 Å². The number of rotatable bonds is 0. The molecule has 0 aromatic heterocycles. The Hall–Kier alpha value is -0.860. The van der Waals surface area contributed by atoms with Gasteiger partial charge in [0.15, 0.2) is 0 Å². The molecule has 3 heteroatoms. The number of hydrogen-bond donors (Lipinski definition) is 0. The fourth-order valence-electron chi connectivity index (χ4n) is 2.23. The van der Waals surface area contributed by atoms with Gasteiger partial charge in [0.25, 0.3) is 0 Å². The molecule has 2 aliphatic rings. The average Bonchev–Trinajstić information content (AvgIpc) is 2.25. The molecule has 0 unspecified atom stereocenters. The standard InChI is InChI=1S/C9H12O3/c1-9-5-3-2-4-6(9)7(10)12-8(9)11/h6H,2-5H2,1H3/t6-,9+/m1/s1. The van der Waals surface area contributed by atoms with Crippen LogP contribution in [0.2, 0.25) is 0 Å². The molecule has 0 radical (unpaired) electrons. The van der Waals surface area contributed by atoms with E-state index >= 15 is 0 Å². The van der Waals surface area contributed by atoms with Crippen LogP contribution < -0.4 is 0 Å². The average molecular weight is 168 g/mol. The van der Waals surface area contributed by atoms with Crippen molar-refractivity contribution in [1.29, 1.82) is 0 Å². The summed E-state index contributed by atoms with van der Waals surface area (Å²) < 4.78 is 4.63. The molecule has 0 amide bonds. The number of ether oxygens (including phenoxy) is 1. The first-order valence-corrected chi connectivity index (χ1v) is 4.41. The van der Waals surface area contributed by atoms with Gasteiger partial charge in [0, 0.05) is 0 Å². The molecule has 1 aliphatic carbocycles. The van der Waals surface area contributed by atoms with Gasteiger partial charge in [0.1, 0.15) is 0 Å². The number of carbonyl (C=O) groups is 2. The summed E-state index contributed by atoms with van der Waals surface area (Å²) in [6.45, 7) is 1.85. The molecule has 0 aromatic rings. The van der Waals surface area contributed by atoms with E-state index in [0.717, 1.165) is 25.7 Å². The maximum atomic E-state index is 11.3. The minimum Gasteiger partial charge on any atom is -0.392 e. The summed E-state index contributed by atoms with van der Waals surface area (Å²) in [6, 6.07) is 0. The predicted molar refractivity (Wildman–Crippen MR) is 41.2 cm³/mol. The lowest BCUT2D eigenvalue weighted by molar-refractivity contribution is -0.155. The highest BCUT2D eigenvalue weighted by Crippen LogP contribution is 2.46. The first-order valence-electron chi connectivity index (χ1n) is 4.41. The lowest BCUT2D eigenvalue weighted by Gasteiger charge is -2.29. The number of hydrogen-bond acceptors (Lipinski definition) is 3. The van der Waals surface area contributed by atoms with E-state index in [1.165, 1.54) is 0 Å². The van der Waals surface area contributed by atoms with Crippen LogP contribution in [-0.4, -0.2) is 11.9 Å². The van der Waals surface area contributed by atoms with Crippen molar-refractivity contribution >= 4 is 11.9 Å². The largest absolute Gasteiger partial charge is 0.392 e. The molecule has 12 heavy (non-hydrogen) atoms. The molecule has 1 aliphatic heterocycles. The maximum Gasteiger partial charge on any atom is 0.320 e. The lowest BCUT2D eigenvalue weighted by atomic mass is 9.69. The number of esters is 2. The second-order valence-electron chi connectivity index (χ2n) is 3.92. The molecule has 0 bridgehead atoms. The molecule has 2 fully saturated rings. The van der Waals surface area contributed by atoms with Crippen molar-refractivity contribution in [2.45, 2.75) is 32.6 Å². The molecule has 0 aromatic carbocycles. The van der Waals surface area contributed by atoms with E-state index < -0.39 is 5.41 Å². The minimum atomic E-state index is -0.491. The molecular weight excluding hydrogens is 156 g/mol. The van der Waals surface area contributed by atoms with Crippen molar-refractivity contribution in [2.75, 3.05) is 0 Å². The van der Waals surface area contributed by atoms with Crippen molar-refractivity contribution in [2.24, 2.45) is 11.3 Å². The Bertz CT molecular complexity index is 246. The Morgan fingerprint density at radius 2 is 2.17 bits per heavy atom. The Balaban J connectivity index is 2.33. The summed E-state index contributed by atoms with van der Waals surface area (Å²) in [7, 11) is 0. The summed E-state index contributed by atoms with van der Waals surface area (Å²) in [6.07, 6.45) is 3.71. The molecule has 0 spiro atoms. The summed E-state index contributed by atoms with van der Waals surface area (Å²) in [5.74, 6) is -0.766. The third-order valence-corrected chi connectivity index (χ3v) is 3.15. The molecule has 1 saturated carbocycles. The van der Waals surface area contributed by atoms with Gasteiger partial charge in [0.2, 0.25) is 0 Å². The maximum absolute atomic E-state index is 11.3. The molecule has 1 heterocycles. The zero-order valence-corrected chi connectivity index (χ0v) is 7.13. The van der Waals surface area contributed by atoms with E-state index in [1.54, 1.807) is 0 Å². The molecule has 1 saturated heterocycles. The van der Waals surface area contributed by atoms with E-state index in [2.05, 4.69) is 4.74 Å². The highest BCUT2D eigenvalue weighted by Gasteiger charge is 2.54. The number of fused-ring (bicyclic) bond motifs is 1. The minimum absolute atomic E-state index is 0.154. The fraction of sp³-hybridized carbons (Fsp3) is 0.778. The van der Waals surface area contributed by atoms with Gasteiger partial charge in [-0.3, -0.25) is 9.59 Å². The summed E-state index contributed by atoms with van der Waals surface area (Å²) in [5.41, 5.74) is -0.491. The Kier molecular flexibility index (Phi) is 1.50. The number of cyclic esters (lactones) is 2. The van der Waals surface area contributed by atoms with Crippen LogP contribution in [0.3, 0.4) is 0 Å². The second-order valence-corrected chi connectivity index (χ2v) is 3.92. The van der Waals surface area contributed by atoms with Gasteiger partial charge in [0.05, 0.1) is 11.3 Å². The zero-order chi connectivity index (χ0) is 8.77. The van der Waals surface area contributed by atoms with Crippen molar-refractivity contribution in [1.82, 2.24) is 0 Å². The van der Waals surface area contributed by atoms with Crippen LogP contribution in [0.25, 0.3) is 0 Å². The first-order chi connectivity index (χ1) is 5.64. The van der Waals surface area contributed by atoms with Crippen molar-refractivity contribution in [3.05, 3.63) is 0 Å². The Morgan fingerprint density at radius 1 is 1.42 bits per heavy atom. The molecule has 66 valence electrons. The van der Waals surface area contributed by atoms with E-state index in [0.29, 0.717) is 0 Å². The van der Waals surface area contributed by atoms with Crippen LogP contribution >= 0.6 is 0 Å². The molecule has 3 nitrogen and oxygen atoms in total. The number of carbonyl (C=O) groups excluding carboxylic acids is 2. The normalized spacial score (nSPS) is 40.9. The van der Waals surface area contributed by atoms with E-state index in [1.807, 2.05) is 6.92 Å². The summed E-state index contributed by atoms with van der Waals surface area (Å²) >= 11 is 0. The third kappa shape index (κ3) is 0.822. The van der Waals surface area contributed by atoms with Gasteiger partial charge in [-0.2, -0.15) is 0 Å². The topological polar surface area (TPSA) is 43.4 Å². The smallest absolute Gasteiger partial charge is 0.320 e. The van der Waals surface area contributed by atoms with Crippen LogP contribution in [0.4, 0.5) is 0 Å². The molecule has 2 atom stereocenters. The SMILES string of the molecule is C[C@]12CCCC[C@@H]1C(=O)OC2=O. The highest BCUT2D eigenvalue weighted by atomic mass is 16.6. The lowest BCUT2D eigenvalue weighted by Crippen LogP contribution is -2.33. The van der Waals surface area contributed by atoms with Gasteiger partial charge < -0.3 is 4.74 Å². The predicted octanol–water partition coefficient (Wildman–Crippen LogP) is 1.27. The van der Waals surface area contributed by atoms with Crippen molar-refractivity contribution < 1.29 is 14.3 Å². The van der Waals surface area contributed by atoms with Crippen LogP contribution in [-0.2, 0) is 14.3 Å². The van der Waals surface area contributed by atoms with Gasteiger partial charge in [-0.1, -0.05) is 12.8 Å². The fourth-order valence-corrected chi connectivity index (χ4v) is 2.23. The van der Waals surface area contributed by atoms with Crippen LogP contribution in [0.5, 0.6) is 0 Å². The summed E-state index contributed by atoms with van der Waals surface area (Å²) in [5, 5.41) is 0. The van der Waals surface area contributed by atoms with Crippen molar-refractivity contribution in [3.63, 3.8) is 0 Å². The Labute approximate surface area is 71.1 Å². The van der Waals surface area contributed by atoms with E-state index in [-0.39, 0.29) is 17.9 Å². The molecule has 2 rings (SSSR count). The quantitative estimate of drug-likeness (QED) is 0.404. The molecular formula is C9H12O3. The van der Waals surface area contributed by atoms with Gasteiger partial charge in [-0.05, 0) is 19.8 Å². The second kappa shape index (κ2) is 2.31. The first kappa shape index (κ1) is 7.77. The van der Waals surface area contributed by atoms with E-state index in [9.17, 15) is 9.59 Å². The highest BCUT2D eigenvalue weighted by molar-refractivity contribution is 5.99. The molecule has 0 N–H and O–H groups in total. The monoisotopic (exact) mass is 168 g/mol. The summed E-state index contributed by atoms with van der Waals surface area (Å²) in [4.78, 5) is 22.5. The Morgan fingerprint density at radius 3 is 2.83 bits per heavy atom. The van der Waals surface area contributed by atoms with Gasteiger partial charge >= 0.3 is 11.9 Å². The third-order valence-electron chi connectivity index (χ3n) is 3.15. The van der Waals surface area contributed by atoms with Crippen molar-refractivity contribution in [3.8, 4) is 0 Å². The zero-order valence-electron chi connectivity index (χ0n) is 7.13. The van der Waals surface area contributed by atoms with Crippen LogP contribution in [0.15, 0.2) is 0 Å². The van der Waals surface area contributed by atoms with Gasteiger partial charge in [-0.25, -0.2) is 0 Å². The van der Waals surface area contributed by atoms with Crippen LogP contribution in [0.1, 0.15) is 32.6 Å². The van der Waals surface area contributed by atoms with E-state index in [4.69, 9.17) is 0 Å².